The molecule has 2 amide bonds. The van der Waals surface area contributed by atoms with Gasteiger partial charge in [0.1, 0.15) is 5.60 Å². The highest BCUT2D eigenvalue weighted by Gasteiger charge is 2.25. The number of nitrogens with one attached hydrogen (secondary N) is 1. The largest absolute Gasteiger partial charge is 0.444 e. The van der Waals surface area contributed by atoms with Crippen molar-refractivity contribution >= 4 is 23.6 Å². The quantitative estimate of drug-likeness (QED) is 0.851. The predicted molar refractivity (Wildman–Crippen MR) is 102 cm³/mol. The van der Waals surface area contributed by atoms with Gasteiger partial charge >= 0.3 is 6.09 Å². The van der Waals surface area contributed by atoms with Gasteiger partial charge in [-0.15, -0.1) is 0 Å². The van der Waals surface area contributed by atoms with E-state index in [2.05, 4.69) is 10.2 Å². The first-order valence-corrected chi connectivity index (χ1v) is 9.33. The molecular weight excluding hydrogens is 354 g/mol. The van der Waals surface area contributed by atoms with E-state index in [-0.39, 0.29) is 18.4 Å². The average molecular weight is 382 g/mol. The van der Waals surface area contributed by atoms with Crippen LogP contribution in [-0.4, -0.2) is 66.7 Å². The summed E-state index contributed by atoms with van der Waals surface area (Å²) in [5, 5.41) is 3.54. The molecule has 2 rings (SSSR count). The molecule has 1 aromatic rings. The van der Waals surface area contributed by atoms with Crippen LogP contribution in [0.4, 0.5) is 4.79 Å². The van der Waals surface area contributed by atoms with E-state index >= 15 is 0 Å². The van der Waals surface area contributed by atoms with Gasteiger partial charge in [-0.2, -0.15) is 0 Å². The lowest BCUT2D eigenvalue weighted by Crippen LogP contribution is -2.51. The van der Waals surface area contributed by atoms with Crippen molar-refractivity contribution in [3.63, 3.8) is 0 Å². The Labute approximate surface area is 160 Å². The van der Waals surface area contributed by atoms with Crippen molar-refractivity contribution in [1.29, 1.82) is 0 Å². The maximum absolute atomic E-state index is 12.0. The van der Waals surface area contributed by atoms with Crippen LogP contribution in [0.25, 0.3) is 0 Å². The average Bonchev–Trinajstić information content (AvgIpc) is 2.56. The second-order valence-electron chi connectivity index (χ2n) is 7.43. The summed E-state index contributed by atoms with van der Waals surface area (Å²) < 4.78 is 5.39. The third kappa shape index (κ3) is 6.84. The fourth-order valence-electron chi connectivity index (χ4n) is 2.71. The number of carbonyl (C=O) groups is 2. The Kier molecular flexibility index (Phi) is 7.29. The van der Waals surface area contributed by atoms with Crippen molar-refractivity contribution < 1.29 is 14.3 Å². The number of amides is 2. The van der Waals surface area contributed by atoms with E-state index in [1.165, 1.54) is 0 Å². The smallest absolute Gasteiger partial charge is 0.410 e. The van der Waals surface area contributed by atoms with Crippen molar-refractivity contribution in [1.82, 2.24) is 15.1 Å². The molecule has 1 aromatic carbocycles. The summed E-state index contributed by atoms with van der Waals surface area (Å²) in [6.45, 7) is 9.78. The van der Waals surface area contributed by atoms with Crippen molar-refractivity contribution in [3.05, 3.63) is 34.9 Å². The molecule has 1 aliphatic heterocycles. The van der Waals surface area contributed by atoms with E-state index < -0.39 is 5.60 Å². The number of benzene rings is 1. The molecule has 0 aromatic heterocycles. The molecule has 1 aliphatic rings. The number of carbonyl (C=O) groups excluding carboxylic acids is 2. The van der Waals surface area contributed by atoms with Crippen molar-refractivity contribution in [3.8, 4) is 0 Å². The summed E-state index contributed by atoms with van der Waals surface area (Å²) in [5.41, 5.74) is 0.359. The van der Waals surface area contributed by atoms with Gasteiger partial charge in [0.25, 0.3) is 0 Å². The van der Waals surface area contributed by atoms with Crippen molar-refractivity contribution in [2.45, 2.75) is 32.8 Å². The molecule has 0 atom stereocenters. The minimum absolute atomic E-state index is 0.0366. The Morgan fingerprint density at radius 1 is 1.15 bits per heavy atom. The molecule has 144 valence electrons. The molecule has 0 spiro atoms. The zero-order valence-corrected chi connectivity index (χ0v) is 16.5. The van der Waals surface area contributed by atoms with E-state index in [1.54, 1.807) is 11.0 Å². The van der Waals surface area contributed by atoms with Crippen LogP contribution in [0.5, 0.6) is 0 Å². The molecule has 0 radical (unpaired) electrons. The molecule has 1 saturated heterocycles. The maximum atomic E-state index is 12.0. The summed E-state index contributed by atoms with van der Waals surface area (Å²) in [6, 6.07) is 7.37. The normalized spacial score (nSPS) is 15.6. The van der Waals surface area contributed by atoms with Crippen LogP contribution in [-0.2, 0) is 16.0 Å². The SMILES string of the molecule is CC(C)(C)OC(=O)N1CCN(CCNC(=O)Cc2ccccc2Cl)CC1. The second kappa shape index (κ2) is 9.24. The number of hydrogen-bond acceptors (Lipinski definition) is 4. The molecule has 0 saturated carbocycles. The maximum Gasteiger partial charge on any atom is 0.410 e. The Morgan fingerprint density at radius 3 is 2.42 bits per heavy atom. The van der Waals surface area contributed by atoms with Gasteiger partial charge in [0.05, 0.1) is 6.42 Å². The topological polar surface area (TPSA) is 61.9 Å². The lowest BCUT2D eigenvalue weighted by atomic mass is 10.1. The summed E-state index contributed by atoms with van der Waals surface area (Å²) in [5.74, 6) is -0.0366. The van der Waals surface area contributed by atoms with Gasteiger partial charge < -0.3 is 15.0 Å². The lowest BCUT2D eigenvalue weighted by molar-refractivity contribution is -0.120. The molecule has 6 nitrogen and oxygen atoms in total. The summed E-state index contributed by atoms with van der Waals surface area (Å²) in [7, 11) is 0. The first-order chi connectivity index (χ1) is 12.2. The molecule has 1 N–H and O–H groups in total. The Balaban J connectivity index is 1.65. The lowest BCUT2D eigenvalue weighted by Gasteiger charge is -2.35. The highest BCUT2D eigenvalue weighted by molar-refractivity contribution is 6.31. The van der Waals surface area contributed by atoms with Gasteiger partial charge in [-0.05, 0) is 32.4 Å². The molecule has 0 unspecified atom stereocenters. The fourth-order valence-corrected chi connectivity index (χ4v) is 2.91. The van der Waals surface area contributed by atoms with Crippen LogP contribution in [0.15, 0.2) is 24.3 Å². The summed E-state index contributed by atoms with van der Waals surface area (Å²) in [6.07, 6.45) is 0.0247. The monoisotopic (exact) mass is 381 g/mol. The van der Waals surface area contributed by atoms with E-state index in [4.69, 9.17) is 16.3 Å². The van der Waals surface area contributed by atoms with Gasteiger partial charge in [0.15, 0.2) is 0 Å². The van der Waals surface area contributed by atoms with Gasteiger partial charge in [0.2, 0.25) is 5.91 Å². The molecular formula is C19H28ClN3O3. The van der Waals surface area contributed by atoms with Crippen LogP contribution in [0.1, 0.15) is 26.3 Å². The molecule has 1 heterocycles. The van der Waals surface area contributed by atoms with E-state index in [0.717, 1.165) is 25.2 Å². The Morgan fingerprint density at radius 2 is 1.81 bits per heavy atom. The zero-order valence-electron chi connectivity index (χ0n) is 15.8. The van der Waals surface area contributed by atoms with E-state index in [0.29, 0.717) is 24.7 Å². The third-order valence-corrected chi connectivity index (χ3v) is 4.45. The van der Waals surface area contributed by atoms with Gasteiger partial charge in [0, 0.05) is 44.3 Å². The van der Waals surface area contributed by atoms with Gasteiger partial charge in [-0.1, -0.05) is 29.8 Å². The molecule has 7 heteroatoms. The number of ether oxygens (including phenoxy) is 1. The van der Waals surface area contributed by atoms with E-state index in [9.17, 15) is 9.59 Å². The highest BCUT2D eigenvalue weighted by atomic mass is 35.5. The van der Waals surface area contributed by atoms with Gasteiger partial charge in [-0.3, -0.25) is 9.69 Å². The number of hydrogen-bond donors (Lipinski definition) is 1. The second-order valence-corrected chi connectivity index (χ2v) is 7.83. The number of nitrogens with zero attached hydrogens (tertiary/aromatic N) is 2. The minimum Gasteiger partial charge on any atom is -0.444 e. The van der Waals surface area contributed by atoms with Crippen molar-refractivity contribution in [2.24, 2.45) is 0 Å². The van der Waals surface area contributed by atoms with Crippen LogP contribution in [0.2, 0.25) is 5.02 Å². The number of halogens is 1. The number of rotatable bonds is 5. The number of piperazine rings is 1. The minimum atomic E-state index is -0.472. The van der Waals surface area contributed by atoms with Crippen LogP contribution >= 0.6 is 11.6 Å². The van der Waals surface area contributed by atoms with Crippen LogP contribution < -0.4 is 5.32 Å². The first kappa shape index (κ1) is 20.5. The summed E-state index contributed by atoms with van der Waals surface area (Å²) in [4.78, 5) is 28.0. The fraction of sp³-hybridized carbons (Fsp3) is 0.579. The Hall–Kier alpha value is -1.79. The molecule has 0 aliphatic carbocycles. The predicted octanol–water partition coefficient (Wildman–Crippen LogP) is 2.55. The van der Waals surface area contributed by atoms with Gasteiger partial charge in [-0.25, -0.2) is 4.79 Å². The molecule has 1 fully saturated rings. The van der Waals surface area contributed by atoms with Crippen LogP contribution in [0.3, 0.4) is 0 Å². The Bertz CT molecular complexity index is 623. The molecule has 0 bridgehead atoms. The zero-order chi connectivity index (χ0) is 19.2. The molecule has 26 heavy (non-hydrogen) atoms. The standard InChI is InChI=1S/C19H28ClN3O3/c1-19(2,3)26-18(25)23-12-10-22(11-13-23)9-8-21-17(24)14-15-6-4-5-7-16(15)20/h4-7H,8-14H2,1-3H3,(H,21,24). The first-order valence-electron chi connectivity index (χ1n) is 8.95. The van der Waals surface area contributed by atoms with Crippen LogP contribution in [0, 0.1) is 0 Å². The van der Waals surface area contributed by atoms with Crippen molar-refractivity contribution in [2.75, 3.05) is 39.3 Å². The third-order valence-electron chi connectivity index (χ3n) is 4.08. The van der Waals surface area contributed by atoms with E-state index in [1.807, 2.05) is 39.0 Å². The summed E-state index contributed by atoms with van der Waals surface area (Å²) >= 11 is 6.07. The highest BCUT2D eigenvalue weighted by Crippen LogP contribution is 2.15.